The highest BCUT2D eigenvalue weighted by atomic mass is 32.2. The van der Waals surface area contributed by atoms with Crippen LogP contribution in [0.1, 0.15) is 6.42 Å². The van der Waals surface area contributed by atoms with Crippen LogP contribution in [-0.4, -0.2) is 59.3 Å². The number of hydrogen-bond acceptors (Lipinski definition) is 4. The molecule has 0 aliphatic rings. The van der Waals surface area contributed by atoms with Gasteiger partial charge in [0, 0.05) is 25.3 Å². The van der Waals surface area contributed by atoms with Crippen molar-refractivity contribution in [3.63, 3.8) is 0 Å². The Bertz CT molecular complexity index is 137. The van der Waals surface area contributed by atoms with E-state index >= 15 is 0 Å². The van der Waals surface area contributed by atoms with Crippen molar-refractivity contribution in [3.05, 3.63) is 0 Å². The van der Waals surface area contributed by atoms with Crippen LogP contribution in [0.15, 0.2) is 0 Å². The Balaban J connectivity index is 3.80. The monoisotopic (exact) mass is 207 g/mol. The number of nitrogens with zero attached hydrogens (tertiary/aromatic N) is 1. The molecule has 0 rings (SSSR count). The Hall–Kier alpha value is -0.260. The minimum absolute atomic E-state index is 0.00236. The zero-order valence-electron chi connectivity index (χ0n) is 7.90. The van der Waals surface area contributed by atoms with Crippen LogP contribution in [0.3, 0.4) is 0 Å². The molecule has 0 aliphatic heterocycles. The van der Waals surface area contributed by atoms with Crippen LogP contribution < -0.4 is 0 Å². The van der Waals surface area contributed by atoms with Gasteiger partial charge in [0.15, 0.2) is 0 Å². The Morgan fingerprint density at radius 2 is 1.85 bits per heavy atom. The first kappa shape index (κ1) is 12.7. The van der Waals surface area contributed by atoms with E-state index in [0.717, 1.165) is 5.75 Å². The summed E-state index contributed by atoms with van der Waals surface area (Å²) in [7, 11) is 0. The predicted molar refractivity (Wildman–Crippen MR) is 53.8 cm³/mol. The smallest absolute Gasteiger partial charge is 0.223 e. The van der Waals surface area contributed by atoms with Gasteiger partial charge in [-0.1, -0.05) is 0 Å². The lowest BCUT2D eigenvalue weighted by Gasteiger charge is -2.20. The van der Waals surface area contributed by atoms with Gasteiger partial charge in [0.2, 0.25) is 5.91 Å². The number of aliphatic hydroxyl groups is 2. The van der Waals surface area contributed by atoms with Gasteiger partial charge in [-0.05, 0) is 6.26 Å². The summed E-state index contributed by atoms with van der Waals surface area (Å²) in [5.74, 6) is 0.782. The molecule has 0 saturated heterocycles. The zero-order valence-corrected chi connectivity index (χ0v) is 8.72. The van der Waals surface area contributed by atoms with Crippen LogP contribution in [0.25, 0.3) is 0 Å². The van der Waals surface area contributed by atoms with Gasteiger partial charge in [-0.2, -0.15) is 11.8 Å². The summed E-state index contributed by atoms with van der Waals surface area (Å²) in [4.78, 5) is 12.9. The molecule has 0 spiro atoms. The molecular weight excluding hydrogens is 190 g/mol. The summed E-state index contributed by atoms with van der Waals surface area (Å²) in [6.07, 6.45) is 2.41. The van der Waals surface area contributed by atoms with Gasteiger partial charge in [0.05, 0.1) is 13.2 Å². The molecule has 0 heterocycles. The molecule has 4 nitrogen and oxygen atoms in total. The molecule has 0 fully saturated rings. The van der Waals surface area contributed by atoms with E-state index in [2.05, 4.69) is 0 Å². The number of hydrogen-bond donors (Lipinski definition) is 2. The molecule has 0 aromatic carbocycles. The van der Waals surface area contributed by atoms with E-state index in [1.54, 1.807) is 11.8 Å². The number of aliphatic hydroxyl groups excluding tert-OH is 2. The molecule has 0 radical (unpaired) electrons. The van der Waals surface area contributed by atoms with Crippen molar-refractivity contribution in [1.82, 2.24) is 4.90 Å². The fraction of sp³-hybridized carbons (Fsp3) is 0.875. The van der Waals surface area contributed by atoms with E-state index in [4.69, 9.17) is 10.2 Å². The maximum absolute atomic E-state index is 11.4. The summed E-state index contributed by atoms with van der Waals surface area (Å²) in [5, 5.41) is 17.3. The van der Waals surface area contributed by atoms with Gasteiger partial charge in [-0.3, -0.25) is 4.79 Å². The van der Waals surface area contributed by atoms with Crippen molar-refractivity contribution < 1.29 is 15.0 Å². The Morgan fingerprint density at radius 3 is 2.23 bits per heavy atom. The fourth-order valence-corrected chi connectivity index (χ4v) is 1.33. The summed E-state index contributed by atoms with van der Waals surface area (Å²) >= 11 is 1.61. The van der Waals surface area contributed by atoms with E-state index in [1.807, 2.05) is 6.26 Å². The van der Waals surface area contributed by atoms with Crippen molar-refractivity contribution in [2.45, 2.75) is 6.42 Å². The molecule has 0 aromatic rings. The third-order valence-electron chi connectivity index (χ3n) is 1.61. The van der Waals surface area contributed by atoms with E-state index in [-0.39, 0.29) is 19.1 Å². The van der Waals surface area contributed by atoms with Gasteiger partial charge in [0.1, 0.15) is 0 Å². The SMILES string of the molecule is CSCCC(=O)N(CCO)CCO. The van der Waals surface area contributed by atoms with Crippen LogP contribution in [-0.2, 0) is 4.79 Å². The summed E-state index contributed by atoms with van der Waals surface area (Å²) in [6, 6.07) is 0. The minimum Gasteiger partial charge on any atom is -0.395 e. The third kappa shape index (κ3) is 5.90. The predicted octanol–water partition coefficient (Wildman–Crippen LogP) is -0.447. The quantitative estimate of drug-likeness (QED) is 0.594. The molecule has 5 heteroatoms. The second-order valence-electron chi connectivity index (χ2n) is 2.57. The number of carbonyl (C=O) groups is 1. The Labute approximate surface area is 82.9 Å². The first-order valence-electron chi connectivity index (χ1n) is 4.24. The van der Waals surface area contributed by atoms with Crippen molar-refractivity contribution in [3.8, 4) is 0 Å². The second kappa shape index (κ2) is 8.34. The molecule has 13 heavy (non-hydrogen) atoms. The number of carbonyl (C=O) groups excluding carboxylic acids is 1. The number of thioether (sulfide) groups is 1. The van der Waals surface area contributed by atoms with Crippen LogP contribution in [0.4, 0.5) is 0 Å². The van der Waals surface area contributed by atoms with Gasteiger partial charge in [-0.25, -0.2) is 0 Å². The van der Waals surface area contributed by atoms with E-state index in [9.17, 15) is 4.79 Å². The molecule has 0 unspecified atom stereocenters. The van der Waals surface area contributed by atoms with Gasteiger partial charge in [-0.15, -0.1) is 0 Å². The average Bonchev–Trinajstić information content (AvgIpc) is 2.14. The molecule has 1 amide bonds. The summed E-state index contributed by atoms with van der Waals surface area (Å²) < 4.78 is 0. The highest BCUT2D eigenvalue weighted by molar-refractivity contribution is 7.98. The van der Waals surface area contributed by atoms with Crippen molar-refractivity contribution >= 4 is 17.7 Å². The molecular formula is C8H17NO3S. The number of amides is 1. The lowest BCUT2D eigenvalue weighted by molar-refractivity contribution is -0.131. The second-order valence-corrected chi connectivity index (χ2v) is 3.56. The molecule has 0 aliphatic carbocycles. The Morgan fingerprint density at radius 1 is 1.31 bits per heavy atom. The van der Waals surface area contributed by atoms with Crippen LogP contribution >= 0.6 is 11.8 Å². The first-order chi connectivity index (χ1) is 6.26. The molecule has 78 valence electrons. The highest BCUT2D eigenvalue weighted by Gasteiger charge is 2.10. The lowest BCUT2D eigenvalue weighted by Crippen LogP contribution is -2.36. The Kier molecular flexibility index (Phi) is 8.18. The largest absolute Gasteiger partial charge is 0.395 e. The first-order valence-corrected chi connectivity index (χ1v) is 5.64. The van der Waals surface area contributed by atoms with Crippen molar-refractivity contribution in [2.24, 2.45) is 0 Å². The maximum atomic E-state index is 11.4. The van der Waals surface area contributed by atoms with Crippen molar-refractivity contribution in [1.29, 1.82) is 0 Å². The highest BCUT2D eigenvalue weighted by Crippen LogP contribution is 2.00. The fourth-order valence-electron chi connectivity index (χ4n) is 0.950. The lowest BCUT2D eigenvalue weighted by atomic mass is 10.4. The third-order valence-corrected chi connectivity index (χ3v) is 2.22. The van der Waals surface area contributed by atoms with E-state index < -0.39 is 0 Å². The van der Waals surface area contributed by atoms with Gasteiger partial charge >= 0.3 is 0 Å². The topological polar surface area (TPSA) is 60.8 Å². The molecule has 2 N–H and O–H groups in total. The standard InChI is InChI=1S/C8H17NO3S/c1-13-7-2-8(12)9(3-5-10)4-6-11/h10-11H,2-7H2,1H3. The molecule has 0 bridgehead atoms. The summed E-state index contributed by atoms with van der Waals surface area (Å²) in [5.41, 5.74) is 0. The maximum Gasteiger partial charge on any atom is 0.223 e. The summed E-state index contributed by atoms with van der Waals surface area (Å²) in [6.45, 7) is 0.525. The zero-order chi connectivity index (χ0) is 10.1. The normalized spacial score (nSPS) is 10.1. The molecule has 0 atom stereocenters. The average molecular weight is 207 g/mol. The van der Waals surface area contributed by atoms with Crippen molar-refractivity contribution in [2.75, 3.05) is 38.3 Å². The molecule has 0 aromatic heterocycles. The number of rotatable bonds is 7. The minimum atomic E-state index is -0.0506. The van der Waals surface area contributed by atoms with Crippen LogP contribution in [0.5, 0.6) is 0 Å². The van der Waals surface area contributed by atoms with E-state index in [1.165, 1.54) is 4.90 Å². The van der Waals surface area contributed by atoms with Crippen LogP contribution in [0, 0.1) is 0 Å². The van der Waals surface area contributed by atoms with Gasteiger partial charge in [0.25, 0.3) is 0 Å². The van der Waals surface area contributed by atoms with Gasteiger partial charge < -0.3 is 15.1 Å². The van der Waals surface area contributed by atoms with E-state index in [0.29, 0.717) is 19.5 Å². The molecule has 0 saturated carbocycles. The van der Waals surface area contributed by atoms with Crippen LogP contribution in [0.2, 0.25) is 0 Å².